The van der Waals surface area contributed by atoms with Crippen LogP contribution in [0.25, 0.3) is 0 Å². The van der Waals surface area contributed by atoms with Crippen LogP contribution in [0.5, 0.6) is 5.75 Å². The molecule has 2 N–H and O–H groups in total. The number of nitrogens with one attached hydrogen (secondary N) is 1. The summed E-state index contributed by atoms with van der Waals surface area (Å²) in [7, 11) is 1.53. The topological polar surface area (TPSA) is 71.7 Å². The molecule has 5 nitrogen and oxygen atoms in total. The number of hydrogen-bond donors (Lipinski definition) is 2. The van der Waals surface area contributed by atoms with Crippen molar-refractivity contribution < 1.29 is 19.1 Å². The van der Waals surface area contributed by atoms with Gasteiger partial charge in [0, 0.05) is 0 Å². The van der Waals surface area contributed by atoms with E-state index >= 15 is 0 Å². The predicted octanol–water partition coefficient (Wildman–Crippen LogP) is 1.64. The molecule has 0 aliphatic rings. The molecule has 2 rings (SSSR count). The summed E-state index contributed by atoms with van der Waals surface area (Å²) in [5.41, 5.74) is 0.483. The first kappa shape index (κ1) is 13.2. The zero-order valence-electron chi connectivity index (χ0n) is 10.5. The normalized spacial score (nSPS) is 11.9. The van der Waals surface area contributed by atoms with Crippen LogP contribution in [0, 0.1) is 0 Å². The van der Waals surface area contributed by atoms with Crippen molar-refractivity contribution >= 4 is 5.91 Å². The first-order chi connectivity index (χ1) is 9.20. The van der Waals surface area contributed by atoms with Crippen molar-refractivity contribution in [3.05, 3.63) is 54.0 Å². The molecular weight excluding hydrogens is 246 g/mol. The van der Waals surface area contributed by atoms with Gasteiger partial charge in [-0.05, 0) is 29.8 Å². The van der Waals surface area contributed by atoms with Crippen molar-refractivity contribution in [2.75, 3.05) is 7.11 Å². The molecule has 0 aliphatic heterocycles. The van der Waals surface area contributed by atoms with E-state index in [0.29, 0.717) is 17.1 Å². The highest BCUT2D eigenvalue weighted by molar-refractivity contribution is 5.81. The maximum Gasteiger partial charge on any atom is 0.253 e. The van der Waals surface area contributed by atoms with Crippen LogP contribution in [0.4, 0.5) is 0 Å². The summed E-state index contributed by atoms with van der Waals surface area (Å²) in [6.45, 7) is 0.243. The van der Waals surface area contributed by atoms with E-state index in [-0.39, 0.29) is 6.54 Å². The van der Waals surface area contributed by atoms with E-state index < -0.39 is 12.0 Å². The van der Waals surface area contributed by atoms with Gasteiger partial charge in [0.1, 0.15) is 11.5 Å². The number of carbonyl (C=O) groups is 1. The average molecular weight is 261 g/mol. The lowest BCUT2D eigenvalue weighted by molar-refractivity contribution is -0.129. The molecule has 5 heteroatoms. The van der Waals surface area contributed by atoms with E-state index in [0.717, 1.165) is 0 Å². The fraction of sp³-hybridized carbons (Fsp3) is 0.214. The lowest BCUT2D eigenvalue weighted by Gasteiger charge is -2.12. The fourth-order valence-electron chi connectivity index (χ4n) is 1.65. The third-order valence-corrected chi connectivity index (χ3v) is 2.67. The van der Waals surface area contributed by atoms with Crippen LogP contribution in [-0.2, 0) is 11.3 Å². The molecule has 100 valence electrons. The van der Waals surface area contributed by atoms with Gasteiger partial charge in [-0.1, -0.05) is 12.1 Å². The van der Waals surface area contributed by atoms with Crippen molar-refractivity contribution in [1.82, 2.24) is 5.32 Å². The molecule has 1 amide bonds. The van der Waals surface area contributed by atoms with Crippen molar-refractivity contribution in [2.45, 2.75) is 12.6 Å². The van der Waals surface area contributed by atoms with Crippen LogP contribution in [0.15, 0.2) is 47.1 Å². The van der Waals surface area contributed by atoms with Gasteiger partial charge in [0.25, 0.3) is 5.91 Å². The van der Waals surface area contributed by atoms with Gasteiger partial charge in [0.2, 0.25) is 0 Å². The Bertz CT molecular complexity index is 536. The summed E-state index contributed by atoms with van der Waals surface area (Å²) in [4.78, 5) is 11.8. The van der Waals surface area contributed by atoms with E-state index in [1.807, 2.05) is 0 Å². The molecule has 0 saturated carbocycles. The minimum atomic E-state index is -1.23. The van der Waals surface area contributed by atoms with Gasteiger partial charge in [0.15, 0.2) is 6.10 Å². The summed E-state index contributed by atoms with van der Waals surface area (Å²) in [5, 5.41) is 12.5. The van der Waals surface area contributed by atoms with Crippen molar-refractivity contribution in [3.63, 3.8) is 0 Å². The molecule has 1 heterocycles. The van der Waals surface area contributed by atoms with Crippen LogP contribution in [-0.4, -0.2) is 18.1 Å². The van der Waals surface area contributed by atoms with Gasteiger partial charge < -0.3 is 19.6 Å². The maximum atomic E-state index is 11.8. The molecule has 0 spiro atoms. The molecule has 0 radical (unpaired) electrons. The van der Waals surface area contributed by atoms with E-state index in [1.165, 1.54) is 13.4 Å². The highest BCUT2D eigenvalue weighted by atomic mass is 16.5. The summed E-state index contributed by atoms with van der Waals surface area (Å²) in [5.74, 6) is 0.742. The number of methoxy groups -OCH3 is 1. The number of benzene rings is 1. The zero-order chi connectivity index (χ0) is 13.7. The van der Waals surface area contributed by atoms with Crippen LogP contribution in [0.3, 0.4) is 0 Å². The molecule has 1 aromatic heterocycles. The lowest BCUT2D eigenvalue weighted by atomic mass is 10.1. The molecule has 0 saturated heterocycles. The van der Waals surface area contributed by atoms with Crippen LogP contribution in [0.2, 0.25) is 0 Å². The standard InChI is InChI=1S/C14H15NO4/c1-18-11-5-2-4-10(8-11)13(16)14(17)15-9-12-6-3-7-19-12/h2-8,13,16H,9H2,1H3,(H,15,17). The number of carbonyl (C=O) groups excluding carboxylic acids is 1. The molecule has 19 heavy (non-hydrogen) atoms. The Morgan fingerprint density at radius 1 is 1.42 bits per heavy atom. The molecule has 0 fully saturated rings. The number of furan rings is 1. The summed E-state index contributed by atoms with van der Waals surface area (Å²) in [6, 6.07) is 10.2. The van der Waals surface area contributed by atoms with E-state index in [1.54, 1.807) is 36.4 Å². The van der Waals surface area contributed by atoms with Gasteiger partial charge in [-0.15, -0.1) is 0 Å². The number of ether oxygens (including phenoxy) is 1. The summed E-state index contributed by atoms with van der Waals surface area (Å²) >= 11 is 0. The zero-order valence-corrected chi connectivity index (χ0v) is 10.5. The first-order valence-corrected chi connectivity index (χ1v) is 5.83. The van der Waals surface area contributed by atoms with Crippen molar-refractivity contribution in [3.8, 4) is 5.75 Å². The molecule has 1 atom stereocenters. The van der Waals surface area contributed by atoms with Crippen LogP contribution < -0.4 is 10.1 Å². The monoisotopic (exact) mass is 261 g/mol. The van der Waals surface area contributed by atoms with Gasteiger partial charge in [-0.3, -0.25) is 4.79 Å². The average Bonchev–Trinajstić information content (AvgIpc) is 2.97. The van der Waals surface area contributed by atoms with Gasteiger partial charge in [-0.2, -0.15) is 0 Å². The lowest BCUT2D eigenvalue weighted by Crippen LogP contribution is -2.28. The van der Waals surface area contributed by atoms with E-state index in [2.05, 4.69) is 5.32 Å². The van der Waals surface area contributed by atoms with Crippen molar-refractivity contribution in [1.29, 1.82) is 0 Å². The van der Waals surface area contributed by atoms with Gasteiger partial charge in [0.05, 0.1) is 19.9 Å². The fourth-order valence-corrected chi connectivity index (χ4v) is 1.65. The number of amides is 1. The second-order valence-electron chi connectivity index (χ2n) is 3.98. The second-order valence-corrected chi connectivity index (χ2v) is 3.98. The maximum absolute atomic E-state index is 11.8. The second kappa shape index (κ2) is 6.06. The molecule has 1 aromatic carbocycles. The van der Waals surface area contributed by atoms with Crippen molar-refractivity contribution in [2.24, 2.45) is 0 Å². The largest absolute Gasteiger partial charge is 0.497 e. The Hall–Kier alpha value is -2.27. The Morgan fingerprint density at radius 2 is 2.26 bits per heavy atom. The van der Waals surface area contributed by atoms with E-state index in [4.69, 9.17) is 9.15 Å². The molecule has 1 unspecified atom stereocenters. The van der Waals surface area contributed by atoms with E-state index in [9.17, 15) is 9.90 Å². The minimum absolute atomic E-state index is 0.243. The Balaban J connectivity index is 1.97. The van der Waals surface area contributed by atoms with Crippen LogP contribution in [0.1, 0.15) is 17.4 Å². The number of aliphatic hydroxyl groups excluding tert-OH is 1. The third-order valence-electron chi connectivity index (χ3n) is 2.67. The van der Waals surface area contributed by atoms with Gasteiger partial charge in [-0.25, -0.2) is 0 Å². The number of aliphatic hydroxyl groups is 1. The van der Waals surface area contributed by atoms with Crippen LogP contribution >= 0.6 is 0 Å². The number of hydrogen-bond acceptors (Lipinski definition) is 4. The third kappa shape index (κ3) is 3.35. The smallest absolute Gasteiger partial charge is 0.253 e. The Morgan fingerprint density at radius 3 is 2.95 bits per heavy atom. The molecule has 2 aromatic rings. The first-order valence-electron chi connectivity index (χ1n) is 5.83. The molecule has 0 aliphatic carbocycles. The highest BCUT2D eigenvalue weighted by Crippen LogP contribution is 2.19. The minimum Gasteiger partial charge on any atom is -0.497 e. The Labute approximate surface area is 110 Å². The highest BCUT2D eigenvalue weighted by Gasteiger charge is 2.17. The number of rotatable bonds is 5. The predicted molar refractivity (Wildman–Crippen MR) is 68.5 cm³/mol. The quantitative estimate of drug-likeness (QED) is 0.858. The van der Waals surface area contributed by atoms with Gasteiger partial charge >= 0.3 is 0 Å². The Kier molecular flexibility index (Phi) is 4.20. The summed E-state index contributed by atoms with van der Waals surface area (Å²) in [6.07, 6.45) is 0.296. The summed E-state index contributed by atoms with van der Waals surface area (Å²) < 4.78 is 10.1. The molecule has 0 bridgehead atoms. The SMILES string of the molecule is COc1cccc(C(O)C(=O)NCc2ccco2)c1. The molecular formula is C14H15NO4.